The molecule has 23 heavy (non-hydrogen) atoms. The Morgan fingerprint density at radius 1 is 1.09 bits per heavy atom. The van der Waals surface area contributed by atoms with Gasteiger partial charge in [-0.2, -0.15) is 0 Å². The number of fused-ring (bicyclic) bond motifs is 1. The van der Waals surface area contributed by atoms with E-state index in [0.29, 0.717) is 11.2 Å². The fourth-order valence-corrected chi connectivity index (χ4v) is 4.62. The molecule has 1 aromatic carbocycles. The molecule has 5 heteroatoms. The van der Waals surface area contributed by atoms with Gasteiger partial charge in [0.25, 0.3) is 5.56 Å². The van der Waals surface area contributed by atoms with Gasteiger partial charge < -0.3 is 4.98 Å². The first-order chi connectivity index (χ1) is 11.1. The van der Waals surface area contributed by atoms with E-state index in [-0.39, 0.29) is 5.56 Å². The Kier molecular flexibility index (Phi) is 3.39. The summed E-state index contributed by atoms with van der Waals surface area (Å²) in [6, 6.07) is 12.1. The molecule has 0 amide bonds. The van der Waals surface area contributed by atoms with Crippen LogP contribution < -0.4 is 5.56 Å². The van der Waals surface area contributed by atoms with Crippen LogP contribution in [0.2, 0.25) is 0 Å². The van der Waals surface area contributed by atoms with Crippen molar-refractivity contribution in [2.24, 2.45) is 0 Å². The van der Waals surface area contributed by atoms with Crippen molar-refractivity contribution in [2.75, 3.05) is 0 Å². The number of thiophene rings is 2. The summed E-state index contributed by atoms with van der Waals surface area (Å²) in [6.45, 7) is 4.09. The smallest absolute Gasteiger partial charge is 0.260 e. The van der Waals surface area contributed by atoms with Gasteiger partial charge in [-0.25, -0.2) is 4.98 Å². The average Bonchev–Trinajstić information content (AvgIpc) is 3.14. The van der Waals surface area contributed by atoms with Crippen LogP contribution in [0.15, 0.2) is 46.6 Å². The van der Waals surface area contributed by atoms with E-state index in [0.717, 1.165) is 25.7 Å². The van der Waals surface area contributed by atoms with Crippen LogP contribution in [0, 0.1) is 13.8 Å². The molecule has 0 aliphatic carbocycles. The summed E-state index contributed by atoms with van der Waals surface area (Å²) >= 11 is 3.23. The molecule has 0 fully saturated rings. The molecule has 3 heterocycles. The van der Waals surface area contributed by atoms with Gasteiger partial charge in [-0.15, -0.1) is 22.7 Å². The first-order valence-electron chi connectivity index (χ1n) is 7.28. The van der Waals surface area contributed by atoms with Gasteiger partial charge in [-0.05, 0) is 25.3 Å². The van der Waals surface area contributed by atoms with Crippen molar-refractivity contribution < 1.29 is 0 Å². The van der Waals surface area contributed by atoms with Crippen LogP contribution in [0.5, 0.6) is 0 Å². The van der Waals surface area contributed by atoms with Gasteiger partial charge in [0, 0.05) is 20.9 Å². The van der Waals surface area contributed by atoms with Crippen LogP contribution in [0.25, 0.3) is 32.0 Å². The second-order valence-electron chi connectivity index (χ2n) is 5.47. The van der Waals surface area contributed by atoms with Crippen LogP contribution in [-0.2, 0) is 0 Å². The van der Waals surface area contributed by atoms with Crippen LogP contribution in [-0.4, -0.2) is 9.97 Å². The lowest BCUT2D eigenvalue weighted by molar-refractivity contribution is 1.19. The number of nitrogens with zero attached hydrogens (tertiary/aromatic N) is 1. The summed E-state index contributed by atoms with van der Waals surface area (Å²) in [5, 5.41) is 2.73. The molecule has 0 bridgehead atoms. The number of rotatable bonds is 2. The summed E-state index contributed by atoms with van der Waals surface area (Å²) < 4.78 is 0. The highest BCUT2D eigenvalue weighted by Crippen LogP contribution is 2.38. The Morgan fingerprint density at radius 2 is 1.87 bits per heavy atom. The molecule has 0 spiro atoms. The van der Waals surface area contributed by atoms with Gasteiger partial charge in [-0.3, -0.25) is 4.79 Å². The number of aryl methyl sites for hydroxylation is 2. The molecule has 1 N–H and O–H groups in total. The molecule has 0 saturated heterocycles. The van der Waals surface area contributed by atoms with Crippen molar-refractivity contribution in [3.05, 3.63) is 62.6 Å². The summed E-state index contributed by atoms with van der Waals surface area (Å²) in [6.07, 6.45) is 0. The van der Waals surface area contributed by atoms with Crippen LogP contribution in [0.3, 0.4) is 0 Å². The van der Waals surface area contributed by atoms with Crippen molar-refractivity contribution in [3.63, 3.8) is 0 Å². The number of hydrogen-bond donors (Lipinski definition) is 1. The first kappa shape index (κ1) is 14.4. The maximum Gasteiger partial charge on any atom is 0.260 e. The Labute approximate surface area is 141 Å². The fraction of sp³-hybridized carbons (Fsp3) is 0.111. The zero-order chi connectivity index (χ0) is 16.0. The third-order valence-electron chi connectivity index (χ3n) is 3.83. The summed E-state index contributed by atoms with van der Waals surface area (Å²) in [5.74, 6) is 0.626. The third-order valence-corrected chi connectivity index (χ3v) is 5.72. The molecular weight excluding hydrogens is 324 g/mol. The van der Waals surface area contributed by atoms with E-state index < -0.39 is 0 Å². The molecule has 0 unspecified atom stereocenters. The number of nitrogens with one attached hydrogen (secondary N) is 1. The number of aromatic nitrogens is 2. The molecule has 114 valence electrons. The summed E-state index contributed by atoms with van der Waals surface area (Å²) in [4.78, 5) is 23.4. The number of H-pyrrole nitrogens is 1. The van der Waals surface area contributed by atoms with Crippen molar-refractivity contribution in [1.82, 2.24) is 9.97 Å². The minimum Gasteiger partial charge on any atom is -0.306 e. The molecule has 0 aliphatic heterocycles. The predicted octanol–water partition coefficient (Wildman–Crippen LogP) is 5.00. The number of hydrogen-bond acceptors (Lipinski definition) is 4. The third kappa shape index (κ3) is 2.42. The predicted molar refractivity (Wildman–Crippen MR) is 98.5 cm³/mol. The number of aromatic amines is 1. The maximum absolute atomic E-state index is 12.7. The van der Waals surface area contributed by atoms with Crippen molar-refractivity contribution >= 4 is 32.9 Å². The van der Waals surface area contributed by atoms with Crippen molar-refractivity contribution in [1.29, 1.82) is 0 Å². The zero-order valence-electron chi connectivity index (χ0n) is 12.7. The Bertz CT molecular complexity index is 1040. The molecule has 3 aromatic heterocycles. The molecule has 3 nitrogen and oxygen atoms in total. The molecule has 0 atom stereocenters. The second kappa shape index (κ2) is 5.44. The van der Waals surface area contributed by atoms with Crippen molar-refractivity contribution in [3.8, 4) is 21.8 Å². The van der Waals surface area contributed by atoms with E-state index in [9.17, 15) is 4.79 Å². The number of benzene rings is 1. The largest absolute Gasteiger partial charge is 0.306 e. The van der Waals surface area contributed by atoms with Gasteiger partial charge in [-0.1, -0.05) is 35.9 Å². The minimum atomic E-state index is -0.0710. The topological polar surface area (TPSA) is 45.8 Å². The van der Waals surface area contributed by atoms with Crippen LogP contribution >= 0.6 is 22.7 Å². The standard InChI is InChI=1S/C18H14N2OS2/c1-10-5-7-12(8-6-10)16-19-17(21)15-14(13-4-3-9-22-13)11(2)23-18(15)20-16/h3-9H,1-2H3,(H,19,20,21). The molecule has 4 rings (SSSR count). The van der Waals surface area contributed by atoms with Gasteiger partial charge in [0.15, 0.2) is 0 Å². The van der Waals surface area contributed by atoms with Gasteiger partial charge in [0.1, 0.15) is 10.7 Å². The van der Waals surface area contributed by atoms with E-state index in [1.165, 1.54) is 5.56 Å². The van der Waals surface area contributed by atoms with Gasteiger partial charge in [0.2, 0.25) is 0 Å². The van der Waals surface area contributed by atoms with Gasteiger partial charge >= 0.3 is 0 Å². The molecule has 0 radical (unpaired) electrons. The fourth-order valence-electron chi connectivity index (χ4n) is 2.68. The van der Waals surface area contributed by atoms with E-state index >= 15 is 0 Å². The molecule has 4 aromatic rings. The van der Waals surface area contributed by atoms with E-state index in [1.54, 1.807) is 22.7 Å². The highest BCUT2D eigenvalue weighted by atomic mass is 32.1. The minimum absolute atomic E-state index is 0.0710. The van der Waals surface area contributed by atoms with Crippen LogP contribution in [0.4, 0.5) is 0 Å². The Balaban J connectivity index is 1.97. The monoisotopic (exact) mass is 338 g/mol. The van der Waals surface area contributed by atoms with Gasteiger partial charge in [0.05, 0.1) is 5.39 Å². The van der Waals surface area contributed by atoms with E-state index in [1.807, 2.05) is 55.6 Å². The van der Waals surface area contributed by atoms with Crippen LogP contribution in [0.1, 0.15) is 10.4 Å². The van der Waals surface area contributed by atoms with E-state index in [4.69, 9.17) is 4.98 Å². The lowest BCUT2D eigenvalue weighted by Gasteiger charge is -2.02. The van der Waals surface area contributed by atoms with E-state index in [2.05, 4.69) is 4.98 Å². The summed E-state index contributed by atoms with van der Waals surface area (Å²) in [5.41, 5.74) is 3.06. The average molecular weight is 338 g/mol. The highest BCUT2D eigenvalue weighted by Gasteiger charge is 2.17. The Hall–Kier alpha value is -2.24. The maximum atomic E-state index is 12.7. The second-order valence-corrected chi connectivity index (χ2v) is 7.62. The quantitative estimate of drug-likeness (QED) is 0.559. The summed E-state index contributed by atoms with van der Waals surface area (Å²) in [7, 11) is 0. The molecular formula is C18H14N2OS2. The molecule has 0 saturated carbocycles. The lowest BCUT2D eigenvalue weighted by atomic mass is 10.1. The lowest BCUT2D eigenvalue weighted by Crippen LogP contribution is -2.08. The molecule has 0 aliphatic rings. The Morgan fingerprint density at radius 3 is 2.57 bits per heavy atom. The SMILES string of the molecule is Cc1ccc(-c2nc3sc(C)c(-c4cccs4)c3c(=O)[nH]2)cc1. The highest BCUT2D eigenvalue weighted by molar-refractivity contribution is 7.20. The zero-order valence-corrected chi connectivity index (χ0v) is 14.3. The normalized spacial score (nSPS) is 11.2. The first-order valence-corrected chi connectivity index (χ1v) is 8.97. The van der Waals surface area contributed by atoms with Crippen molar-refractivity contribution in [2.45, 2.75) is 13.8 Å².